The van der Waals surface area contributed by atoms with Gasteiger partial charge < -0.3 is 10.2 Å². The van der Waals surface area contributed by atoms with E-state index in [0.29, 0.717) is 23.9 Å². The average molecular weight is 342 g/mol. The zero-order chi connectivity index (χ0) is 16.6. The Morgan fingerprint density at radius 3 is 2.83 bits per heavy atom. The summed E-state index contributed by atoms with van der Waals surface area (Å²) in [5.41, 5.74) is 1.28. The molecule has 0 unspecified atom stereocenters. The maximum atomic E-state index is 13.2. The van der Waals surface area contributed by atoms with Crippen LogP contribution in [0.2, 0.25) is 5.02 Å². The standard InChI is InChI=1S/C16H15ClF3N3/c1-10-6-14-15(22-8-10)21-4-5-23(14)9-11-7-12(17)2-3-13(11)16(18,19)20/h2-3,6-8H,4-5,9H2,1H3,(H,21,22). The Morgan fingerprint density at radius 1 is 1.30 bits per heavy atom. The van der Waals surface area contributed by atoms with Crippen molar-refractivity contribution >= 4 is 23.1 Å². The summed E-state index contributed by atoms with van der Waals surface area (Å²) in [5.74, 6) is 0.692. The fourth-order valence-corrected chi connectivity index (χ4v) is 2.89. The number of alkyl halides is 3. The molecule has 0 spiro atoms. The van der Waals surface area contributed by atoms with Gasteiger partial charge in [-0.05, 0) is 42.3 Å². The van der Waals surface area contributed by atoms with E-state index < -0.39 is 11.7 Å². The van der Waals surface area contributed by atoms with Crippen LogP contribution in [0.15, 0.2) is 30.5 Å². The van der Waals surface area contributed by atoms with Crippen LogP contribution in [-0.2, 0) is 12.7 Å². The first-order valence-corrected chi connectivity index (χ1v) is 7.53. The van der Waals surface area contributed by atoms with Gasteiger partial charge in [0, 0.05) is 30.9 Å². The van der Waals surface area contributed by atoms with Crippen LogP contribution in [0.1, 0.15) is 16.7 Å². The Labute approximate surface area is 137 Å². The molecular formula is C16H15ClF3N3. The van der Waals surface area contributed by atoms with Gasteiger partial charge in [0.25, 0.3) is 0 Å². The molecule has 0 saturated carbocycles. The SMILES string of the molecule is Cc1cnc2c(c1)N(Cc1cc(Cl)ccc1C(F)(F)F)CCN2. The number of aryl methyl sites for hydroxylation is 1. The predicted octanol–water partition coefficient (Wildman–Crippen LogP) is 4.49. The lowest BCUT2D eigenvalue weighted by molar-refractivity contribution is -0.138. The van der Waals surface area contributed by atoms with Crippen LogP contribution in [0.5, 0.6) is 0 Å². The third kappa shape index (κ3) is 3.37. The number of anilines is 2. The van der Waals surface area contributed by atoms with Gasteiger partial charge in [0.15, 0.2) is 0 Å². The smallest absolute Gasteiger partial charge is 0.367 e. The summed E-state index contributed by atoms with van der Waals surface area (Å²) >= 11 is 5.90. The molecule has 7 heteroatoms. The third-order valence-corrected chi connectivity index (χ3v) is 3.99. The summed E-state index contributed by atoms with van der Waals surface area (Å²) in [6, 6.07) is 5.61. The van der Waals surface area contributed by atoms with Crippen LogP contribution in [0.3, 0.4) is 0 Å². The highest BCUT2D eigenvalue weighted by atomic mass is 35.5. The van der Waals surface area contributed by atoms with Crippen LogP contribution in [0.4, 0.5) is 24.7 Å². The van der Waals surface area contributed by atoms with Gasteiger partial charge in [-0.2, -0.15) is 13.2 Å². The highest BCUT2D eigenvalue weighted by Gasteiger charge is 2.34. The van der Waals surface area contributed by atoms with Crippen molar-refractivity contribution in [2.24, 2.45) is 0 Å². The Bertz CT molecular complexity index is 731. The van der Waals surface area contributed by atoms with Crippen LogP contribution >= 0.6 is 11.6 Å². The molecule has 1 aromatic heterocycles. The molecule has 0 atom stereocenters. The van der Waals surface area contributed by atoms with E-state index in [1.54, 1.807) is 6.20 Å². The molecule has 3 nitrogen and oxygen atoms in total. The minimum Gasteiger partial charge on any atom is -0.367 e. The van der Waals surface area contributed by atoms with E-state index >= 15 is 0 Å². The molecule has 1 aliphatic heterocycles. The molecule has 1 N–H and O–H groups in total. The second-order valence-electron chi connectivity index (χ2n) is 5.53. The number of benzene rings is 1. The molecule has 0 aliphatic carbocycles. The largest absolute Gasteiger partial charge is 0.416 e. The molecule has 0 radical (unpaired) electrons. The Hall–Kier alpha value is -1.95. The van der Waals surface area contributed by atoms with E-state index in [9.17, 15) is 13.2 Å². The van der Waals surface area contributed by atoms with Gasteiger partial charge in [-0.15, -0.1) is 0 Å². The lowest BCUT2D eigenvalue weighted by atomic mass is 10.1. The molecule has 1 aliphatic rings. The highest BCUT2D eigenvalue weighted by molar-refractivity contribution is 6.30. The van der Waals surface area contributed by atoms with E-state index in [1.165, 1.54) is 12.1 Å². The zero-order valence-corrected chi connectivity index (χ0v) is 13.2. The first-order chi connectivity index (χ1) is 10.8. The number of fused-ring (bicyclic) bond motifs is 1. The van der Waals surface area contributed by atoms with Gasteiger partial charge in [0.05, 0.1) is 11.3 Å². The summed E-state index contributed by atoms with van der Waals surface area (Å²) < 4.78 is 39.6. The maximum absolute atomic E-state index is 13.2. The quantitative estimate of drug-likeness (QED) is 0.872. The number of aromatic nitrogens is 1. The molecule has 0 fully saturated rings. The molecule has 2 aromatic rings. The van der Waals surface area contributed by atoms with Crippen molar-refractivity contribution in [3.05, 3.63) is 52.2 Å². The predicted molar refractivity (Wildman–Crippen MR) is 85.0 cm³/mol. The molecule has 122 valence electrons. The lowest BCUT2D eigenvalue weighted by Gasteiger charge is -2.32. The Morgan fingerprint density at radius 2 is 2.09 bits per heavy atom. The number of hydrogen-bond acceptors (Lipinski definition) is 3. The van der Waals surface area contributed by atoms with Crippen LogP contribution in [0.25, 0.3) is 0 Å². The number of halogens is 4. The Kier molecular flexibility index (Phi) is 4.10. The van der Waals surface area contributed by atoms with Crippen LogP contribution < -0.4 is 10.2 Å². The summed E-state index contributed by atoms with van der Waals surface area (Å²) in [7, 11) is 0. The van der Waals surface area contributed by atoms with Gasteiger partial charge in [-0.25, -0.2) is 4.98 Å². The molecule has 23 heavy (non-hydrogen) atoms. The lowest BCUT2D eigenvalue weighted by Crippen LogP contribution is -2.34. The van der Waals surface area contributed by atoms with Crippen molar-refractivity contribution in [2.75, 3.05) is 23.3 Å². The Balaban J connectivity index is 1.98. The summed E-state index contributed by atoms with van der Waals surface area (Å²) in [5, 5.41) is 3.46. The third-order valence-electron chi connectivity index (χ3n) is 3.75. The van der Waals surface area contributed by atoms with Crippen molar-refractivity contribution in [1.82, 2.24) is 4.98 Å². The topological polar surface area (TPSA) is 28.2 Å². The average Bonchev–Trinajstić information content (AvgIpc) is 2.46. The normalized spacial score (nSPS) is 14.4. The van der Waals surface area contributed by atoms with Crippen molar-refractivity contribution in [1.29, 1.82) is 0 Å². The van der Waals surface area contributed by atoms with Crippen molar-refractivity contribution < 1.29 is 13.2 Å². The van der Waals surface area contributed by atoms with E-state index in [1.807, 2.05) is 17.9 Å². The van der Waals surface area contributed by atoms with Crippen LogP contribution in [-0.4, -0.2) is 18.1 Å². The highest BCUT2D eigenvalue weighted by Crippen LogP contribution is 2.36. The number of nitrogens with zero attached hydrogens (tertiary/aromatic N) is 2. The van der Waals surface area contributed by atoms with Gasteiger partial charge >= 0.3 is 6.18 Å². The first-order valence-electron chi connectivity index (χ1n) is 7.15. The molecular weight excluding hydrogens is 327 g/mol. The van der Waals surface area contributed by atoms with Gasteiger partial charge in [-0.3, -0.25) is 0 Å². The summed E-state index contributed by atoms with van der Waals surface area (Å²) in [4.78, 5) is 6.19. The van der Waals surface area contributed by atoms with E-state index in [-0.39, 0.29) is 12.1 Å². The van der Waals surface area contributed by atoms with E-state index in [0.717, 1.165) is 17.3 Å². The second kappa shape index (κ2) is 5.92. The second-order valence-corrected chi connectivity index (χ2v) is 5.96. The van der Waals surface area contributed by atoms with Crippen LogP contribution in [0, 0.1) is 6.92 Å². The van der Waals surface area contributed by atoms with E-state index in [2.05, 4.69) is 10.3 Å². The van der Waals surface area contributed by atoms with Crippen molar-refractivity contribution in [3.63, 3.8) is 0 Å². The van der Waals surface area contributed by atoms with Crippen molar-refractivity contribution in [3.8, 4) is 0 Å². The van der Waals surface area contributed by atoms with Crippen molar-refractivity contribution in [2.45, 2.75) is 19.6 Å². The molecule has 0 saturated heterocycles. The molecule has 1 aromatic carbocycles. The number of pyridine rings is 1. The fraction of sp³-hybridized carbons (Fsp3) is 0.312. The molecule has 2 heterocycles. The number of nitrogens with one attached hydrogen (secondary N) is 1. The molecule has 3 rings (SSSR count). The molecule has 0 bridgehead atoms. The first kappa shape index (κ1) is 15.9. The fourth-order valence-electron chi connectivity index (χ4n) is 2.70. The van der Waals surface area contributed by atoms with Gasteiger partial charge in [0.2, 0.25) is 0 Å². The monoisotopic (exact) mass is 341 g/mol. The minimum absolute atomic E-state index is 0.134. The molecule has 0 amide bonds. The van der Waals surface area contributed by atoms with E-state index in [4.69, 9.17) is 11.6 Å². The maximum Gasteiger partial charge on any atom is 0.416 e. The number of rotatable bonds is 2. The minimum atomic E-state index is -4.40. The summed E-state index contributed by atoms with van der Waals surface area (Å²) in [6.07, 6.45) is -2.67. The van der Waals surface area contributed by atoms with Gasteiger partial charge in [0.1, 0.15) is 5.82 Å². The number of hydrogen-bond donors (Lipinski definition) is 1. The summed E-state index contributed by atoms with van der Waals surface area (Å²) in [6.45, 7) is 3.27. The zero-order valence-electron chi connectivity index (χ0n) is 12.4. The van der Waals surface area contributed by atoms with Gasteiger partial charge in [-0.1, -0.05) is 11.6 Å².